The molecule has 1 saturated heterocycles. The van der Waals surface area contributed by atoms with Gasteiger partial charge in [0.25, 0.3) is 0 Å². The third kappa shape index (κ3) is 3.68. The fourth-order valence-corrected chi connectivity index (χ4v) is 5.06. The minimum absolute atomic E-state index is 0.148. The molecule has 0 bridgehead atoms. The molecule has 7 nitrogen and oxygen atoms in total. The maximum Gasteiger partial charge on any atom is 0.243 e. The number of para-hydroxylation sites is 1. The molecule has 1 N–H and O–H groups in total. The summed E-state index contributed by atoms with van der Waals surface area (Å²) in [4.78, 5) is 6.77. The van der Waals surface area contributed by atoms with E-state index in [1.54, 1.807) is 23.0 Å². The summed E-state index contributed by atoms with van der Waals surface area (Å²) in [6.45, 7) is 3.47. The topological polar surface area (TPSA) is 80.1 Å². The van der Waals surface area contributed by atoms with E-state index in [2.05, 4.69) is 19.7 Å². The first kappa shape index (κ1) is 17.9. The second-order valence-electron chi connectivity index (χ2n) is 7.12. The molecule has 8 heteroatoms. The van der Waals surface area contributed by atoms with Crippen LogP contribution >= 0.6 is 0 Å². The number of aromatic nitrogens is 3. The minimum atomic E-state index is -3.66. The van der Waals surface area contributed by atoms with Gasteiger partial charge in [0.1, 0.15) is 4.90 Å². The summed E-state index contributed by atoms with van der Waals surface area (Å²) in [5.74, 6) is 0. The normalized spacial score (nSPS) is 18.1. The molecule has 0 saturated carbocycles. The maximum atomic E-state index is 13.1. The van der Waals surface area contributed by atoms with Crippen molar-refractivity contribution in [1.82, 2.24) is 19.5 Å². The van der Waals surface area contributed by atoms with Crippen molar-refractivity contribution in [3.05, 3.63) is 48.4 Å². The Balaban J connectivity index is 1.58. The Bertz CT molecular complexity index is 1080. The molecule has 4 rings (SSSR count). The van der Waals surface area contributed by atoms with Gasteiger partial charge in [-0.2, -0.15) is 5.10 Å². The highest BCUT2D eigenvalue weighted by Gasteiger charge is 2.27. The minimum Gasteiger partial charge on any atom is -0.367 e. The molecule has 0 spiro atoms. The molecule has 0 aliphatic carbocycles. The number of anilines is 1. The van der Waals surface area contributed by atoms with Crippen molar-refractivity contribution in [3.63, 3.8) is 0 Å². The van der Waals surface area contributed by atoms with E-state index in [1.807, 2.05) is 38.5 Å². The van der Waals surface area contributed by atoms with Crippen molar-refractivity contribution in [2.45, 2.75) is 30.7 Å². The van der Waals surface area contributed by atoms with Crippen LogP contribution in [0.1, 0.15) is 18.4 Å². The lowest BCUT2D eigenvalue weighted by atomic mass is 10.1. The van der Waals surface area contributed by atoms with Crippen LogP contribution in [0.25, 0.3) is 10.9 Å². The second kappa shape index (κ2) is 6.94. The lowest BCUT2D eigenvalue weighted by Crippen LogP contribution is -2.47. The smallest absolute Gasteiger partial charge is 0.243 e. The summed E-state index contributed by atoms with van der Waals surface area (Å²) in [7, 11) is -1.78. The monoisotopic (exact) mass is 385 g/mol. The standard InChI is InChI=1S/C19H23N5O2S/c1-14-9-15-5-3-7-18(19(15)20-10-14)27(25,26)22-16-6-4-8-24(12-16)17-11-21-23(2)13-17/h3,5,7,9-11,13,16,22H,4,6,8,12H2,1-2H3. The quantitative estimate of drug-likeness (QED) is 0.745. The van der Waals surface area contributed by atoms with Crippen LogP contribution < -0.4 is 9.62 Å². The van der Waals surface area contributed by atoms with Gasteiger partial charge in [0, 0.05) is 44.0 Å². The van der Waals surface area contributed by atoms with E-state index in [9.17, 15) is 8.42 Å². The van der Waals surface area contributed by atoms with Crippen LogP contribution in [0.3, 0.4) is 0 Å². The fraction of sp³-hybridized carbons (Fsp3) is 0.368. The van der Waals surface area contributed by atoms with E-state index in [0.29, 0.717) is 12.1 Å². The molecule has 0 amide bonds. The van der Waals surface area contributed by atoms with Crippen LogP contribution in [0.4, 0.5) is 5.69 Å². The molecule has 1 fully saturated rings. The number of rotatable bonds is 4. The molecule has 1 atom stereocenters. The summed E-state index contributed by atoms with van der Waals surface area (Å²) in [6.07, 6.45) is 7.20. The molecule has 1 aliphatic rings. The molecule has 3 aromatic rings. The van der Waals surface area contributed by atoms with Crippen molar-refractivity contribution < 1.29 is 8.42 Å². The van der Waals surface area contributed by atoms with E-state index >= 15 is 0 Å². The van der Waals surface area contributed by atoms with Crippen LogP contribution in [-0.4, -0.2) is 42.3 Å². The van der Waals surface area contributed by atoms with Gasteiger partial charge in [-0.3, -0.25) is 9.67 Å². The summed E-state index contributed by atoms with van der Waals surface area (Å²) >= 11 is 0. The number of nitrogens with zero attached hydrogens (tertiary/aromatic N) is 4. The SMILES string of the molecule is Cc1cnc2c(S(=O)(=O)NC3CCCN(c4cnn(C)c4)C3)cccc2c1. The molecule has 1 unspecified atom stereocenters. The Morgan fingerprint density at radius 1 is 1.26 bits per heavy atom. The van der Waals surface area contributed by atoms with E-state index < -0.39 is 10.0 Å². The van der Waals surface area contributed by atoms with Crippen LogP contribution in [0.15, 0.2) is 47.8 Å². The van der Waals surface area contributed by atoms with Crippen molar-refractivity contribution >= 4 is 26.6 Å². The Morgan fingerprint density at radius 3 is 2.89 bits per heavy atom. The van der Waals surface area contributed by atoms with Gasteiger partial charge in [-0.25, -0.2) is 13.1 Å². The number of hydrogen-bond acceptors (Lipinski definition) is 5. The predicted octanol–water partition coefficient (Wildman–Crippen LogP) is 2.22. The van der Waals surface area contributed by atoms with Crippen LogP contribution in [-0.2, 0) is 17.1 Å². The van der Waals surface area contributed by atoms with Gasteiger partial charge in [0.15, 0.2) is 0 Å². The van der Waals surface area contributed by atoms with Crippen LogP contribution in [0.5, 0.6) is 0 Å². The summed E-state index contributed by atoms with van der Waals surface area (Å²) in [5, 5.41) is 5.04. The fourth-order valence-electron chi connectivity index (χ4n) is 3.62. The van der Waals surface area contributed by atoms with Gasteiger partial charge in [0.05, 0.1) is 17.4 Å². The van der Waals surface area contributed by atoms with Crippen molar-refractivity contribution in [2.75, 3.05) is 18.0 Å². The highest BCUT2D eigenvalue weighted by Crippen LogP contribution is 2.24. The lowest BCUT2D eigenvalue weighted by Gasteiger charge is -2.33. The van der Waals surface area contributed by atoms with Gasteiger partial charge in [-0.05, 0) is 37.5 Å². The van der Waals surface area contributed by atoms with Gasteiger partial charge in [-0.15, -0.1) is 0 Å². The highest BCUT2D eigenvalue weighted by molar-refractivity contribution is 7.89. The zero-order valence-electron chi connectivity index (χ0n) is 15.5. The number of hydrogen-bond donors (Lipinski definition) is 1. The molecule has 0 radical (unpaired) electrons. The number of piperidine rings is 1. The molecule has 1 aromatic carbocycles. The Labute approximate surface area is 159 Å². The first-order valence-corrected chi connectivity index (χ1v) is 10.5. The summed E-state index contributed by atoms with van der Waals surface area (Å²) in [5.41, 5.74) is 2.53. The predicted molar refractivity (Wildman–Crippen MR) is 105 cm³/mol. The van der Waals surface area contributed by atoms with Crippen LogP contribution in [0.2, 0.25) is 0 Å². The third-order valence-corrected chi connectivity index (χ3v) is 6.45. The van der Waals surface area contributed by atoms with Gasteiger partial charge in [0.2, 0.25) is 10.0 Å². The molecule has 2 aromatic heterocycles. The molecule has 1 aliphatic heterocycles. The number of benzene rings is 1. The molecular formula is C19H23N5O2S. The number of fused-ring (bicyclic) bond motifs is 1. The van der Waals surface area contributed by atoms with E-state index in [4.69, 9.17) is 0 Å². The van der Waals surface area contributed by atoms with Gasteiger partial charge >= 0.3 is 0 Å². The highest BCUT2D eigenvalue weighted by atomic mass is 32.2. The van der Waals surface area contributed by atoms with Gasteiger partial charge < -0.3 is 4.90 Å². The Morgan fingerprint density at radius 2 is 2.11 bits per heavy atom. The van der Waals surface area contributed by atoms with Crippen molar-refractivity contribution in [1.29, 1.82) is 0 Å². The molecule has 142 valence electrons. The number of pyridine rings is 1. The summed E-state index contributed by atoms with van der Waals surface area (Å²) in [6, 6.07) is 7.07. The average Bonchev–Trinajstić information content (AvgIpc) is 3.07. The molecule has 3 heterocycles. The first-order chi connectivity index (χ1) is 12.9. The van der Waals surface area contributed by atoms with E-state index in [-0.39, 0.29) is 10.9 Å². The maximum absolute atomic E-state index is 13.1. The molecule has 27 heavy (non-hydrogen) atoms. The largest absolute Gasteiger partial charge is 0.367 e. The number of nitrogens with one attached hydrogen (secondary N) is 1. The zero-order chi connectivity index (χ0) is 19.0. The van der Waals surface area contributed by atoms with Gasteiger partial charge in [-0.1, -0.05) is 12.1 Å². The van der Waals surface area contributed by atoms with E-state index in [0.717, 1.165) is 36.0 Å². The van der Waals surface area contributed by atoms with Crippen molar-refractivity contribution in [3.8, 4) is 0 Å². The number of aryl methyl sites for hydroxylation is 2. The average molecular weight is 385 g/mol. The van der Waals surface area contributed by atoms with Crippen molar-refractivity contribution in [2.24, 2.45) is 7.05 Å². The summed E-state index contributed by atoms with van der Waals surface area (Å²) < 4.78 is 30.8. The van der Waals surface area contributed by atoms with Crippen LogP contribution in [0, 0.1) is 6.92 Å². The van der Waals surface area contributed by atoms with E-state index in [1.165, 1.54) is 0 Å². The number of sulfonamides is 1. The Hall–Kier alpha value is -2.45. The Kier molecular flexibility index (Phi) is 4.61. The second-order valence-corrected chi connectivity index (χ2v) is 8.80. The molecular weight excluding hydrogens is 362 g/mol. The lowest BCUT2D eigenvalue weighted by molar-refractivity contribution is 0.466. The first-order valence-electron chi connectivity index (χ1n) is 9.04. The zero-order valence-corrected chi connectivity index (χ0v) is 16.3. The third-order valence-electron chi connectivity index (χ3n) is 4.90.